The topological polar surface area (TPSA) is 48.3 Å². The molecule has 1 heterocycles. The van der Waals surface area contributed by atoms with Gasteiger partial charge >= 0.3 is 0 Å². The molecule has 0 bridgehead atoms. The van der Waals surface area contributed by atoms with Crippen molar-refractivity contribution in [2.75, 3.05) is 21.3 Å². The third kappa shape index (κ3) is 2.71. The summed E-state index contributed by atoms with van der Waals surface area (Å²) in [5.41, 5.74) is 3.05. The molecule has 2 aromatic rings. The molecular formula is C14H19N3O2. The minimum Gasteiger partial charge on any atom is -0.497 e. The minimum absolute atomic E-state index is 0.755. The van der Waals surface area contributed by atoms with Crippen LogP contribution < -0.4 is 14.8 Å². The predicted molar refractivity (Wildman–Crippen MR) is 74.5 cm³/mol. The van der Waals surface area contributed by atoms with Gasteiger partial charge in [-0.05, 0) is 19.2 Å². The molecule has 0 aliphatic heterocycles. The van der Waals surface area contributed by atoms with Gasteiger partial charge in [-0.25, -0.2) is 4.98 Å². The van der Waals surface area contributed by atoms with Crippen LogP contribution in [-0.4, -0.2) is 30.8 Å². The van der Waals surface area contributed by atoms with Crippen LogP contribution in [0.2, 0.25) is 0 Å². The second-order valence-electron chi connectivity index (χ2n) is 4.28. The fourth-order valence-electron chi connectivity index (χ4n) is 2.02. The zero-order chi connectivity index (χ0) is 13.8. The molecule has 1 aromatic carbocycles. The minimum atomic E-state index is 0.755. The fraction of sp³-hybridized carbons (Fsp3) is 0.357. The SMILES string of the molecule is CNCc1c(-c2cc(OC)cc(OC)c2)ncn1C. The van der Waals surface area contributed by atoms with Crippen molar-refractivity contribution >= 4 is 0 Å². The summed E-state index contributed by atoms with van der Waals surface area (Å²) in [4.78, 5) is 4.47. The van der Waals surface area contributed by atoms with Gasteiger partial charge in [0.1, 0.15) is 11.5 Å². The Kier molecular flexibility index (Phi) is 4.06. The smallest absolute Gasteiger partial charge is 0.123 e. The molecule has 0 amide bonds. The van der Waals surface area contributed by atoms with E-state index in [1.807, 2.05) is 43.2 Å². The van der Waals surface area contributed by atoms with Crippen LogP contribution in [0.25, 0.3) is 11.3 Å². The summed E-state index contributed by atoms with van der Waals surface area (Å²) < 4.78 is 12.6. The molecule has 0 saturated heterocycles. The number of aryl methyl sites for hydroxylation is 1. The van der Waals surface area contributed by atoms with Crippen molar-refractivity contribution in [3.63, 3.8) is 0 Å². The van der Waals surface area contributed by atoms with E-state index in [1.165, 1.54) is 0 Å². The fourth-order valence-corrected chi connectivity index (χ4v) is 2.02. The average molecular weight is 261 g/mol. The molecule has 0 radical (unpaired) electrons. The van der Waals surface area contributed by atoms with Crippen LogP contribution in [0.5, 0.6) is 11.5 Å². The zero-order valence-electron chi connectivity index (χ0n) is 11.7. The average Bonchev–Trinajstić information content (AvgIpc) is 2.80. The number of hydrogen-bond donors (Lipinski definition) is 1. The van der Waals surface area contributed by atoms with Crippen molar-refractivity contribution in [2.45, 2.75) is 6.54 Å². The number of hydrogen-bond acceptors (Lipinski definition) is 4. The quantitative estimate of drug-likeness (QED) is 0.892. The molecule has 1 aromatic heterocycles. The summed E-state index contributed by atoms with van der Waals surface area (Å²) in [5, 5.41) is 3.15. The molecule has 19 heavy (non-hydrogen) atoms. The van der Waals surface area contributed by atoms with Gasteiger partial charge in [0, 0.05) is 25.2 Å². The van der Waals surface area contributed by atoms with Gasteiger partial charge in [0.05, 0.1) is 31.9 Å². The van der Waals surface area contributed by atoms with Crippen LogP contribution in [0.4, 0.5) is 0 Å². The molecule has 5 heteroatoms. The Hall–Kier alpha value is -2.01. The highest BCUT2D eigenvalue weighted by Gasteiger charge is 2.12. The predicted octanol–water partition coefficient (Wildman–Crippen LogP) is 1.82. The van der Waals surface area contributed by atoms with Gasteiger partial charge in [0.2, 0.25) is 0 Å². The van der Waals surface area contributed by atoms with Crippen molar-refractivity contribution in [1.29, 1.82) is 0 Å². The van der Waals surface area contributed by atoms with Crippen LogP contribution >= 0.6 is 0 Å². The van der Waals surface area contributed by atoms with E-state index in [-0.39, 0.29) is 0 Å². The zero-order valence-corrected chi connectivity index (χ0v) is 11.7. The van der Waals surface area contributed by atoms with Crippen molar-refractivity contribution in [3.05, 3.63) is 30.2 Å². The van der Waals surface area contributed by atoms with E-state index >= 15 is 0 Å². The van der Waals surface area contributed by atoms with Gasteiger partial charge in [-0.3, -0.25) is 0 Å². The molecule has 0 aliphatic carbocycles. The second-order valence-corrected chi connectivity index (χ2v) is 4.28. The van der Waals surface area contributed by atoms with Crippen LogP contribution in [0.3, 0.4) is 0 Å². The molecule has 0 unspecified atom stereocenters. The van der Waals surface area contributed by atoms with E-state index in [0.29, 0.717) is 0 Å². The van der Waals surface area contributed by atoms with Gasteiger partial charge in [0.25, 0.3) is 0 Å². The van der Waals surface area contributed by atoms with E-state index in [4.69, 9.17) is 9.47 Å². The molecule has 0 atom stereocenters. The van der Waals surface area contributed by atoms with Gasteiger partial charge in [-0.1, -0.05) is 0 Å². The lowest BCUT2D eigenvalue weighted by Crippen LogP contribution is -2.10. The standard InChI is InChI=1S/C14H19N3O2/c1-15-8-13-14(16-9-17(13)2)10-5-11(18-3)7-12(6-10)19-4/h5-7,9,15H,8H2,1-4H3. The molecule has 0 fully saturated rings. The molecule has 1 N–H and O–H groups in total. The van der Waals surface area contributed by atoms with Gasteiger partial charge in [-0.2, -0.15) is 0 Å². The third-order valence-electron chi connectivity index (χ3n) is 3.03. The van der Waals surface area contributed by atoms with E-state index in [9.17, 15) is 0 Å². The first kappa shape index (κ1) is 13.4. The maximum atomic E-state index is 5.30. The highest BCUT2D eigenvalue weighted by Crippen LogP contribution is 2.30. The van der Waals surface area contributed by atoms with Crippen molar-refractivity contribution in [3.8, 4) is 22.8 Å². The first-order valence-electron chi connectivity index (χ1n) is 6.07. The normalized spacial score (nSPS) is 10.5. The second kappa shape index (κ2) is 5.75. The maximum Gasteiger partial charge on any atom is 0.123 e. The number of imidazole rings is 1. The summed E-state index contributed by atoms with van der Waals surface area (Å²) in [6.45, 7) is 0.755. The monoisotopic (exact) mass is 261 g/mol. The Morgan fingerprint density at radius 3 is 2.32 bits per heavy atom. The lowest BCUT2D eigenvalue weighted by molar-refractivity contribution is 0.394. The third-order valence-corrected chi connectivity index (χ3v) is 3.03. The van der Waals surface area contributed by atoms with Crippen molar-refractivity contribution < 1.29 is 9.47 Å². The molecule has 0 saturated carbocycles. The van der Waals surface area contributed by atoms with Crippen molar-refractivity contribution in [1.82, 2.24) is 14.9 Å². The summed E-state index contributed by atoms with van der Waals surface area (Å²) in [6.07, 6.45) is 1.81. The molecule has 102 valence electrons. The maximum absolute atomic E-state index is 5.30. The highest BCUT2D eigenvalue weighted by atomic mass is 16.5. The Balaban J connectivity index is 2.51. The van der Waals surface area contributed by atoms with E-state index in [0.717, 1.165) is 35.0 Å². The summed E-state index contributed by atoms with van der Waals surface area (Å²) in [6, 6.07) is 5.78. The number of rotatable bonds is 5. The van der Waals surface area contributed by atoms with Gasteiger partial charge in [-0.15, -0.1) is 0 Å². The summed E-state index contributed by atoms with van der Waals surface area (Å²) >= 11 is 0. The molecule has 0 spiro atoms. The highest BCUT2D eigenvalue weighted by molar-refractivity contribution is 5.66. The van der Waals surface area contributed by atoms with E-state index in [2.05, 4.69) is 10.3 Å². The Morgan fingerprint density at radius 1 is 1.16 bits per heavy atom. The number of aromatic nitrogens is 2. The van der Waals surface area contributed by atoms with Crippen molar-refractivity contribution in [2.24, 2.45) is 7.05 Å². The van der Waals surface area contributed by atoms with Crippen LogP contribution in [-0.2, 0) is 13.6 Å². The number of ether oxygens (including phenoxy) is 2. The lowest BCUT2D eigenvalue weighted by Gasteiger charge is -2.09. The summed E-state index contributed by atoms with van der Waals surface area (Å²) in [5.74, 6) is 1.52. The Morgan fingerprint density at radius 2 is 1.79 bits per heavy atom. The van der Waals surface area contributed by atoms with E-state index < -0.39 is 0 Å². The molecule has 5 nitrogen and oxygen atoms in total. The number of nitrogens with one attached hydrogen (secondary N) is 1. The molecule has 0 aliphatic rings. The van der Waals surface area contributed by atoms with Crippen LogP contribution in [0, 0.1) is 0 Å². The number of methoxy groups -OCH3 is 2. The number of benzene rings is 1. The molecular weight excluding hydrogens is 242 g/mol. The first-order valence-corrected chi connectivity index (χ1v) is 6.07. The van der Waals surface area contributed by atoms with E-state index in [1.54, 1.807) is 14.2 Å². The van der Waals surface area contributed by atoms with Crippen LogP contribution in [0.15, 0.2) is 24.5 Å². The molecule has 2 rings (SSSR count). The lowest BCUT2D eigenvalue weighted by atomic mass is 10.1. The van der Waals surface area contributed by atoms with Gasteiger partial charge in [0.15, 0.2) is 0 Å². The first-order chi connectivity index (χ1) is 9.19. The van der Waals surface area contributed by atoms with Gasteiger partial charge < -0.3 is 19.4 Å². The largest absolute Gasteiger partial charge is 0.497 e. The Bertz CT molecular complexity index is 542. The summed E-state index contributed by atoms with van der Waals surface area (Å²) in [7, 11) is 7.19. The number of nitrogens with zero attached hydrogens (tertiary/aromatic N) is 2. The van der Waals surface area contributed by atoms with Crippen LogP contribution in [0.1, 0.15) is 5.69 Å². The Labute approximate surface area is 113 Å².